The van der Waals surface area contributed by atoms with Crippen LogP contribution in [0.3, 0.4) is 0 Å². The fourth-order valence-electron chi connectivity index (χ4n) is 1.48. The molecule has 0 aromatic heterocycles. The maximum Gasteiger partial charge on any atom is 0.315 e. The summed E-state index contributed by atoms with van der Waals surface area (Å²) >= 11 is 7.04. The molecule has 0 heterocycles. The van der Waals surface area contributed by atoms with Crippen molar-refractivity contribution in [2.45, 2.75) is 13.3 Å². The molecule has 0 unspecified atom stereocenters. The van der Waals surface area contributed by atoms with Gasteiger partial charge in [0, 0.05) is 11.6 Å². The fraction of sp³-hybridized carbons (Fsp3) is 0.429. The molecular weight excluding hydrogens is 298 g/mol. The molecule has 1 amide bonds. The summed E-state index contributed by atoms with van der Waals surface area (Å²) in [6.07, 6.45) is 0.755. The standard InChI is InChI=1S/C14H18ClNO3S/c1-2-19-14(18)10-20-9-13(17)16-8-7-11-3-5-12(15)6-4-11/h3-6H,2,7-10H2,1H3,(H,16,17). The van der Waals surface area contributed by atoms with Crippen molar-refractivity contribution in [2.24, 2.45) is 0 Å². The predicted octanol–water partition coefficient (Wildman–Crippen LogP) is 2.29. The second kappa shape index (κ2) is 9.66. The zero-order chi connectivity index (χ0) is 14.8. The minimum absolute atomic E-state index is 0.0757. The molecule has 0 radical (unpaired) electrons. The van der Waals surface area contributed by atoms with Crippen LogP contribution in [0.1, 0.15) is 12.5 Å². The molecule has 0 bridgehead atoms. The van der Waals surface area contributed by atoms with Crippen LogP contribution in [-0.2, 0) is 20.7 Å². The first-order valence-electron chi connectivity index (χ1n) is 6.36. The van der Waals surface area contributed by atoms with Crippen molar-refractivity contribution < 1.29 is 14.3 Å². The third-order valence-electron chi connectivity index (χ3n) is 2.41. The zero-order valence-corrected chi connectivity index (χ0v) is 12.9. The Morgan fingerprint density at radius 2 is 1.95 bits per heavy atom. The smallest absolute Gasteiger partial charge is 0.315 e. The number of amides is 1. The lowest BCUT2D eigenvalue weighted by Gasteiger charge is -2.05. The number of carbonyl (C=O) groups excluding carboxylic acids is 2. The lowest BCUT2D eigenvalue weighted by molar-refractivity contribution is -0.139. The number of rotatable bonds is 8. The highest BCUT2D eigenvalue weighted by Crippen LogP contribution is 2.09. The molecule has 0 spiro atoms. The molecule has 6 heteroatoms. The molecule has 0 aliphatic rings. The quantitative estimate of drug-likeness (QED) is 0.748. The van der Waals surface area contributed by atoms with E-state index in [0.29, 0.717) is 18.2 Å². The highest BCUT2D eigenvalue weighted by molar-refractivity contribution is 8.00. The Morgan fingerprint density at radius 1 is 1.25 bits per heavy atom. The number of benzene rings is 1. The van der Waals surface area contributed by atoms with Crippen molar-refractivity contribution in [3.63, 3.8) is 0 Å². The van der Waals surface area contributed by atoms with Gasteiger partial charge in [0.2, 0.25) is 5.91 Å². The number of carbonyl (C=O) groups is 2. The Kier molecular flexibility index (Phi) is 8.14. The van der Waals surface area contributed by atoms with Gasteiger partial charge >= 0.3 is 5.97 Å². The molecule has 1 N–H and O–H groups in total. The summed E-state index contributed by atoms with van der Waals surface area (Å²) in [5.41, 5.74) is 1.12. The Bertz CT molecular complexity index is 437. The molecule has 1 aromatic carbocycles. The van der Waals surface area contributed by atoms with Crippen molar-refractivity contribution >= 4 is 35.2 Å². The Morgan fingerprint density at radius 3 is 2.60 bits per heavy atom. The number of halogens is 1. The van der Waals surface area contributed by atoms with Crippen LogP contribution in [-0.4, -0.2) is 36.5 Å². The van der Waals surface area contributed by atoms with Crippen molar-refractivity contribution in [3.8, 4) is 0 Å². The molecule has 110 valence electrons. The average molecular weight is 316 g/mol. The van der Waals surface area contributed by atoms with Crippen LogP contribution in [0.15, 0.2) is 24.3 Å². The van der Waals surface area contributed by atoms with Gasteiger partial charge in [-0.3, -0.25) is 9.59 Å². The van der Waals surface area contributed by atoms with Crippen molar-refractivity contribution in [1.29, 1.82) is 0 Å². The van der Waals surface area contributed by atoms with Gasteiger partial charge in [0.15, 0.2) is 0 Å². The first-order chi connectivity index (χ1) is 9.61. The number of nitrogens with one attached hydrogen (secondary N) is 1. The van der Waals surface area contributed by atoms with E-state index in [1.165, 1.54) is 11.8 Å². The summed E-state index contributed by atoms with van der Waals surface area (Å²) in [6.45, 7) is 2.69. The van der Waals surface area contributed by atoms with E-state index in [1.807, 2.05) is 24.3 Å². The fourth-order valence-corrected chi connectivity index (χ4v) is 2.24. The third kappa shape index (κ3) is 7.40. The van der Waals surface area contributed by atoms with Crippen LogP contribution in [0.4, 0.5) is 0 Å². The number of thioether (sulfide) groups is 1. The van der Waals surface area contributed by atoms with Crippen LogP contribution in [0.5, 0.6) is 0 Å². The van der Waals surface area contributed by atoms with Crippen LogP contribution in [0.25, 0.3) is 0 Å². The Hall–Kier alpha value is -1.20. The van der Waals surface area contributed by atoms with Gasteiger partial charge in [-0.05, 0) is 31.0 Å². The predicted molar refractivity (Wildman–Crippen MR) is 82.1 cm³/mol. The topological polar surface area (TPSA) is 55.4 Å². The number of ether oxygens (including phenoxy) is 1. The highest BCUT2D eigenvalue weighted by atomic mass is 35.5. The van der Waals surface area contributed by atoms with E-state index in [4.69, 9.17) is 16.3 Å². The van der Waals surface area contributed by atoms with E-state index < -0.39 is 0 Å². The van der Waals surface area contributed by atoms with Crippen LogP contribution < -0.4 is 5.32 Å². The SMILES string of the molecule is CCOC(=O)CSCC(=O)NCCc1ccc(Cl)cc1. The van der Waals surface area contributed by atoms with Gasteiger partial charge in [-0.2, -0.15) is 0 Å². The number of hydrogen-bond donors (Lipinski definition) is 1. The molecule has 1 aromatic rings. The molecule has 0 fully saturated rings. The summed E-state index contributed by atoms with van der Waals surface area (Å²) in [5, 5.41) is 3.51. The second-order valence-corrected chi connectivity index (χ2v) is 5.45. The maximum absolute atomic E-state index is 11.5. The summed E-state index contributed by atoms with van der Waals surface area (Å²) in [7, 11) is 0. The van der Waals surface area contributed by atoms with Gasteiger partial charge in [-0.1, -0.05) is 23.7 Å². The Labute approximate surface area is 128 Å². The molecule has 0 atom stereocenters. The number of hydrogen-bond acceptors (Lipinski definition) is 4. The van der Waals surface area contributed by atoms with Gasteiger partial charge in [-0.15, -0.1) is 11.8 Å². The molecule has 4 nitrogen and oxygen atoms in total. The first kappa shape index (κ1) is 16.9. The Balaban J connectivity index is 2.11. The summed E-state index contributed by atoms with van der Waals surface area (Å²) < 4.78 is 4.77. The first-order valence-corrected chi connectivity index (χ1v) is 7.89. The molecule has 0 aliphatic carbocycles. The van der Waals surface area contributed by atoms with Gasteiger partial charge in [0.05, 0.1) is 18.1 Å². The highest BCUT2D eigenvalue weighted by Gasteiger charge is 2.05. The van der Waals surface area contributed by atoms with Gasteiger partial charge in [0.1, 0.15) is 0 Å². The molecular formula is C14H18ClNO3S. The van der Waals surface area contributed by atoms with E-state index in [0.717, 1.165) is 12.0 Å². The molecule has 0 saturated heterocycles. The van der Waals surface area contributed by atoms with Crippen LogP contribution >= 0.6 is 23.4 Å². The lowest BCUT2D eigenvalue weighted by Crippen LogP contribution is -2.27. The summed E-state index contributed by atoms with van der Waals surface area (Å²) in [4.78, 5) is 22.6. The van der Waals surface area contributed by atoms with E-state index in [1.54, 1.807) is 6.92 Å². The van der Waals surface area contributed by atoms with Crippen LogP contribution in [0, 0.1) is 0 Å². The number of esters is 1. The zero-order valence-electron chi connectivity index (χ0n) is 11.4. The van der Waals surface area contributed by atoms with E-state index in [2.05, 4.69) is 5.32 Å². The molecule has 20 heavy (non-hydrogen) atoms. The summed E-state index contributed by atoms with van der Waals surface area (Å²) in [6, 6.07) is 7.52. The van der Waals surface area contributed by atoms with E-state index >= 15 is 0 Å². The minimum Gasteiger partial charge on any atom is -0.465 e. The van der Waals surface area contributed by atoms with Gasteiger partial charge in [0.25, 0.3) is 0 Å². The molecule has 1 rings (SSSR count). The largest absolute Gasteiger partial charge is 0.465 e. The van der Waals surface area contributed by atoms with E-state index in [-0.39, 0.29) is 23.4 Å². The van der Waals surface area contributed by atoms with E-state index in [9.17, 15) is 9.59 Å². The summed E-state index contributed by atoms with van der Waals surface area (Å²) in [5.74, 6) is 0.109. The maximum atomic E-state index is 11.5. The average Bonchev–Trinajstić information content (AvgIpc) is 2.41. The van der Waals surface area contributed by atoms with Crippen LogP contribution in [0.2, 0.25) is 5.02 Å². The molecule has 0 aliphatic heterocycles. The van der Waals surface area contributed by atoms with Gasteiger partial charge < -0.3 is 10.1 Å². The third-order valence-corrected chi connectivity index (χ3v) is 3.57. The van der Waals surface area contributed by atoms with Crippen molar-refractivity contribution in [2.75, 3.05) is 24.7 Å². The lowest BCUT2D eigenvalue weighted by atomic mass is 10.1. The molecule has 0 saturated carbocycles. The van der Waals surface area contributed by atoms with Gasteiger partial charge in [-0.25, -0.2) is 0 Å². The van der Waals surface area contributed by atoms with Crippen molar-refractivity contribution in [3.05, 3.63) is 34.9 Å². The minimum atomic E-state index is -0.286. The normalized spacial score (nSPS) is 10.1. The van der Waals surface area contributed by atoms with Crippen molar-refractivity contribution in [1.82, 2.24) is 5.32 Å². The monoisotopic (exact) mass is 315 g/mol. The second-order valence-electron chi connectivity index (χ2n) is 4.02.